The van der Waals surface area contributed by atoms with Crippen LogP contribution in [0.3, 0.4) is 0 Å². The highest BCUT2D eigenvalue weighted by Crippen LogP contribution is 2.35. The van der Waals surface area contributed by atoms with Crippen LogP contribution in [0.1, 0.15) is 41.7 Å². The Bertz CT molecular complexity index is 738. The highest BCUT2D eigenvalue weighted by Gasteiger charge is 2.24. The number of benzene rings is 2. The van der Waals surface area contributed by atoms with Crippen molar-refractivity contribution in [3.63, 3.8) is 0 Å². The molecule has 0 N–H and O–H groups in total. The summed E-state index contributed by atoms with van der Waals surface area (Å²) < 4.78 is 5.48. The molecule has 0 bridgehead atoms. The van der Waals surface area contributed by atoms with E-state index in [0.717, 1.165) is 18.6 Å². The van der Waals surface area contributed by atoms with Gasteiger partial charge in [0.15, 0.2) is 0 Å². The van der Waals surface area contributed by atoms with Crippen LogP contribution in [-0.4, -0.2) is 7.11 Å². The zero-order chi connectivity index (χ0) is 17.7. The molecule has 0 spiro atoms. The monoisotopic (exact) mass is 320 g/mol. The number of aryl methyl sites for hydroxylation is 1. The molecular formula is C23H28O. The summed E-state index contributed by atoms with van der Waals surface area (Å²) in [6.45, 7) is 14.4. The van der Waals surface area contributed by atoms with Crippen LogP contribution in [0.5, 0.6) is 5.75 Å². The molecule has 2 aromatic rings. The molecule has 0 saturated heterocycles. The number of allylic oxidation sites excluding steroid dienone is 2. The first kappa shape index (κ1) is 18.1. The van der Waals surface area contributed by atoms with Crippen molar-refractivity contribution < 1.29 is 4.74 Å². The van der Waals surface area contributed by atoms with Crippen molar-refractivity contribution in [3.8, 4) is 5.75 Å². The van der Waals surface area contributed by atoms with Gasteiger partial charge in [0, 0.05) is 5.41 Å². The maximum Gasteiger partial charge on any atom is 0.122 e. The minimum absolute atomic E-state index is 0.0776. The maximum atomic E-state index is 5.48. The lowest BCUT2D eigenvalue weighted by molar-refractivity contribution is 0.410. The SMILES string of the molecule is C=CCc1cc(C(C)(C)c2ccc(OC)c(CC=C)c2)ccc1C. The molecule has 2 aromatic carbocycles. The standard InChI is InChI=1S/C23H28O/c1-7-9-18-15-20(12-11-17(18)3)23(4,5)21-13-14-22(24-6)19(16-21)10-8-2/h7-8,11-16H,1-2,9-10H2,3-6H3. The second kappa shape index (κ2) is 7.53. The van der Waals surface area contributed by atoms with E-state index in [2.05, 4.69) is 70.3 Å². The van der Waals surface area contributed by atoms with Crippen molar-refractivity contribution in [2.24, 2.45) is 0 Å². The van der Waals surface area contributed by atoms with E-state index in [1.165, 1.54) is 27.8 Å². The van der Waals surface area contributed by atoms with Crippen LogP contribution in [0.2, 0.25) is 0 Å². The molecule has 0 aliphatic rings. The van der Waals surface area contributed by atoms with Crippen LogP contribution in [0.25, 0.3) is 0 Å². The summed E-state index contributed by atoms with van der Waals surface area (Å²) in [6, 6.07) is 13.2. The smallest absolute Gasteiger partial charge is 0.122 e. The van der Waals surface area contributed by atoms with E-state index in [-0.39, 0.29) is 5.41 Å². The largest absolute Gasteiger partial charge is 0.496 e. The van der Waals surface area contributed by atoms with Gasteiger partial charge in [-0.2, -0.15) is 0 Å². The first-order valence-corrected chi connectivity index (χ1v) is 8.43. The van der Waals surface area contributed by atoms with Gasteiger partial charge in [-0.1, -0.05) is 56.3 Å². The summed E-state index contributed by atoms with van der Waals surface area (Å²) in [6.07, 6.45) is 5.60. The molecule has 0 aliphatic carbocycles. The quantitative estimate of drug-likeness (QED) is 0.587. The van der Waals surface area contributed by atoms with Crippen molar-refractivity contribution in [2.45, 2.75) is 39.0 Å². The third kappa shape index (κ3) is 3.62. The molecule has 0 amide bonds. The van der Waals surface area contributed by atoms with Gasteiger partial charge in [-0.15, -0.1) is 13.2 Å². The predicted octanol–water partition coefficient (Wildman–Crippen LogP) is 5.79. The fraction of sp³-hybridized carbons (Fsp3) is 0.304. The lowest BCUT2D eigenvalue weighted by Crippen LogP contribution is -2.19. The second-order valence-corrected chi connectivity index (χ2v) is 6.78. The van der Waals surface area contributed by atoms with E-state index >= 15 is 0 Å². The number of rotatable bonds is 7. The third-order valence-corrected chi connectivity index (χ3v) is 4.80. The van der Waals surface area contributed by atoms with Crippen molar-refractivity contribution in [3.05, 3.63) is 89.5 Å². The van der Waals surface area contributed by atoms with E-state index in [1.807, 2.05) is 12.2 Å². The van der Waals surface area contributed by atoms with Gasteiger partial charge < -0.3 is 4.74 Å². The zero-order valence-electron chi connectivity index (χ0n) is 15.4. The Morgan fingerprint density at radius 3 is 2.04 bits per heavy atom. The lowest BCUT2D eigenvalue weighted by Gasteiger charge is -2.28. The van der Waals surface area contributed by atoms with E-state index in [9.17, 15) is 0 Å². The first-order chi connectivity index (χ1) is 11.4. The Morgan fingerprint density at radius 1 is 0.917 bits per heavy atom. The Morgan fingerprint density at radius 2 is 1.46 bits per heavy atom. The third-order valence-electron chi connectivity index (χ3n) is 4.80. The fourth-order valence-corrected chi connectivity index (χ4v) is 3.08. The van der Waals surface area contributed by atoms with Gasteiger partial charge >= 0.3 is 0 Å². The van der Waals surface area contributed by atoms with Gasteiger partial charge in [-0.05, 0) is 53.6 Å². The average molecular weight is 320 g/mol. The molecule has 0 aromatic heterocycles. The minimum Gasteiger partial charge on any atom is -0.496 e. The molecule has 0 saturated carbocycles. The molecular weight excluding hydrogens is 292 g/mol. The highest BCUT2D eigenvalue weighted by atomic mass is 16.5. The van der Waals surface area contributed by atoms with Gasteiger partial charge in [0.25, 0.3) is 0 Å². The maximum absolute atomic E-state index is 5.48. The molecule has 0 radical (unpaired) electrons. The topological polar surface area (TPSA) is 9.23 Å². The summed E-state index contributed by atoms with van der Waals surface area (Å²) in [5, 5.41) is 0. The fourth-order valence-electron chi connectivity index (χ4n) is 3.08. The van der Waals surface area contributed by atoms with Crippen molar-refractivity contribution in [1.82, 2.24) is 0 Å². The summed E-state index contributed by atoms with van der Waals surface area (Å²) in [7, 11) is 1.72. The molecule has 0 fully saturated rings. The molecule has 126 valence electrons. The molecule has 1 heteroatoms. The first-order valence-electron chi connectivity index (χ1n) is 8.43. The van der Waals surface area contributed by atoms with Gasteiger partial charge in [-0.3, -0.25) is 0 Å². The zero-order valence-corrected chi connectivity index (χ0v) is 15.4. The number of methoxy groups -OCH3 is 1. The van der Waals surface area contributed by atoms with E-state index in [0.29, 0.717) is 0 Å². The molecule has 0 aliphatic heterocycles. The van der Waals surface area contributed by atoms with Crippen molar-refractivity contribution >= 4 is 0 Å². The van der Waals surface area contributed by atoms with Crippen LogP contribution < -0.4 is 4.74 Å². The predicted molar refractivity (Wildman–Crippen MR) is 104 cm³/mol. The van der Waals surface area contributed by atoms with Crippen LogP contribution in [0.15, 0.2) is 61.7 Å². The lowest BCUT2D eigenvalue weighted by atomic mass is 9.76. The van der Waals surface area contributed by atoms with Gasteiger partial charge in [0.05, 0.1) is 7.11 Å². The molecule has 0 unspecified atom stereocenters. The summed E-state index contributed by atoms with van der Waals surface area (Å²) in [5.74, 6) is 0.922. The van der Waals surface area contributed by atoms with Crippen molar-refractivity contribution in [2.75, 3.05) is 7.11 Å². The highest BCUT2D eigenvalue weighted by molar-refractivity contribution is 5.47. The van der Waals surface area contributed by atoms with Crippen LogP contribution in [0.4, 0.5) is 0 Å². The molecule has 0 heterocycles. The normalized spacial score (nSPS) is 11.2. The number of hydrogen-bond donors (Lipinski definition) is 0. The Kier molecular flexibility index (Phi) is 5.66. The van der Waals surface area contributed by atoms with Crippen LogP contribution in [-0.2, 0) is 18.3 Å². The molecule has 1 nitrogen and oxygen atoms in total. The van der Waals surface area contributed by atoms with Crippen molar-refractivity contribution in [1.29, 1.82) is 0 Å². The summed E-state index contributed by atoms with van der Waals surface area (Å²) >= 11 is 0. The average Bonchev–Trinajstić information content (AvgIpc) is 2.57. The van der Waals surface area contributed by atoms with Gasteiger partial charge in [0.1, 0.15) is 5.75 Å². The number of ether oxygens (including phenoxy) is 1. The number of hydrogen-bond acceptors (Lipinski definition) is 1. The Labute approximate surface area is 146 Å². The Balaban J connectivity index is 2.49. The summed E-state index contributed by atoms with van der Waals surface area (Å²) in [5.41, 5.74) is 6.36. The van der Waals surface area contributed by atoms with Gasteiger partial charge in [0.2, 0.25) is 0 Å². The van der Waals surface area contributed by atoms with Gasteiger partial charge in [-0.25, -0.2) is 0 Å². The molecule has 24 heavy (non-hydrogen) atoms. The second-order valence-electron chi connectivity index (χ2n) is 6.78. The molecule has 0 atom stereocenters. The van der Waals surface area contributed by atoms with Crippen LogP contribution in [0, 0.1) is 6.92 Å². The Hall–Kier alpha value is -2.28. The van der Waals surface area contributed by atoms with E-state index < -0.39 is 0 Å². The molecule has 2 rings (SSSR count). The van der Waals surface area contributed by atoms with E-state index in [4.69, 9.17) is 4.74 Å². The summed E-state index contributed by atoms with van der Waals surface area (Å²) in [4.78, 5) is 0. The van der Waals surface area contributed by atoms with Crippen LogP contribution >= 0.6 is 0 Å². The minimum atomic E-state index is -0.0776. The van der Waals surface area contributed by atoms with E-state index in [1.54, 1.807) is 7.11 Å².